The third-order valence-electron chi connectivity index (χ3n) is 3.80. The van der Waals surface area contributed by atoms with Gasteiger partial charge in [0.25, 0.3) is 15.9 Å². The van der Waals surface area contributed by atoms with Crippen LogP contribution in [0.3, 0.4) is 0 Å². The molecule has 0 aliphatic rings. The molecule has 0 bridgehead atoms. The molecular weight excluding hydrogens is 368 g/mol. The van der Waals surface area contributed by atoms with Gasteiger partial charge in [-0.3, -0.25) is 9.52 Å². The maximum atomic E-state index is 12.5. The molecule has 0 spiro atoms. The minimum Gasteiger partial charge on any atom is -0.465 e. The van der Waals surface area contributed by atoms with Crippen molar-refractivity contribution in [2.75, 3.05) is 18.4 Å². The van der Waals surface area contributed by atoms with E-state index in [4.69, 9.17) is 0 Å². The van der Waals surface area contributed by atoms with Crippen molar-refractivity contribution in [3.63, 3.8) is 0 Å². The predicted octanol–water partition coefficient (Wildman–Crippen LogP) is 2.80. The molecule has 27 heavy (non-hydrogen) atoms. The molecule has 1 amide bonds. The number of anilines is 1. The SMILES string of the molecule is CCCCNC(=O)c1ccc(S(=O)(=O)Nc2ccc(C(=O)OC)cc2)cc1. The van der Waals surface area contributed by atoms with Gasteiger partial charge in [-0.05, 0) is 55.0 Å². The Hall–Kier alpha value is -2.87. The summed E-state index contributed by atoms with van der Waals surface area (Å²) >= 11 is 0. The Labute approximate surface area is 158 Å². The van der Waals surface area contributed by atoms with E-state index < -0.39 is 16.0 Å². The second-order valence-corrected chi connectivity index (χ2v) is 7.49. The van der Waals surface area contributed by atoms with Crippen LogP contribution in [0.4, 0.5) is 5.69 Å². The molecular formula is C19H22N2O5S. The lowest BCUT2D eigenvalue weighted by atomic mass is 10.2. The number of hydrogen-bond donors (Lipinski definition) is 2. The summed E-state index contributed by atoms with van der Waals surface area (Å²) < 4.78 is 32.0. The topological polar surface area (TPSA) is 102 Å². The number of unbranched alkanes of at least 4 members (excludes halogenated alkanes) is 1. The fourth-order valence-electron chi connectivity index (χ4n) is 2.27. The van der Waals surface area contributed by atoms with Crippen molar-refractivity contribution in [2.45, 2.75) is 24.7 Å². The van der Waals surface area contributed by atoms with E-state index in [1.54, 1.807) is 0 Å². The molecule has 0 heterocycles. The number of benzene rings is 2. The highest BCUT2D eigenvalue weighted by Gasteiger charge is 2.15. The molecule has 7 nitrogen and oxygen atoms in total. The van der Waals surface area contributed by atoms with E-state index in [9.17, 15) is 18.0 Å². The van der Waals surface area contributed by atoms with Gasteiger partial charge in [-0.25, -0.2) is 13.2 Å². The molecule has 8 heteroatoms. The maximum Gasteiger partial charge on any atom is 0.337 e. The van der Waals surface area contributed by atoms with Crippen LogP contribution in [0.1, 0.15) is 40.5 Å². The van der Waals surface area contributed by atoms with Gasteiger partial charge in [0, 0.05) is 17.8 Å². The fraction of sp³-hybridized carbons (Fsp3) is 0.263. The Morgan fingerprint density at radius 1 is 0.963 bits per heavy atom. The highest BCUT2D eigenvalue weighted by Crippen LogP contribution is 2.17. The quantitative estimate of drug-likeness (QED) is 0.533. The Balaban J connectivity index is 2.08. The highest BCUT2D eigenvalue weighted by atomic mass is 32.2. The van der Waals surface area contributed by atoms with Crippen molar-refractivity contribution in [1.29, 1.82) is 0 Å². The summed E-state index contributed by atoms with van der Waals surface area (Å²) in [6.07, 6.45) is 1.86. The standard InChI is InChI=1S/C19H22N2O5S/c1-3-4-13-20-18(22)14-7-11-17(12-8-14)27(24,25)21-16-9-5-15(6-10-16)19(23)26-2/h5-12,21H,3-4,13H2,1-2H3,(H,20,22). The third kappa shape index (κ3) is 5.55. The molecule has 0 radical (unpaired) electrons. The van der Waals surface area contributed by atoms with Crippen LogP contribution in [0.2, 0.25) is 0 Å². The van der Waals surface area contributed by atoms with Gasteiger partial charge in [0.2, 0.25) is 0 Å². The smallest absolute Gasteiger partial charge is 0.337 e. The van der Waals surface area contributed by atoms with Crippen LogP contribution in [0.25, 0.3) is 0 Å². The number of ether oxygens (including phenoxy) is 1. The minimum atomic E-state index is -3.81. The predicted molar refractivity (Wildman–Crippen MR) is 102 cm³/mol. The zero-order chi connectivity index (χ0) is 19.9. The number of carbonyl (C=O) groups is 2. The number of amides is 1. The van der Waals surface area contributed by atoms with Crippen LogP contribution in [0.5, 0.6) is 0 Å². The van der Waals surface area contributed by atoms with Gasteiger partial charge in [0.05, 0.1) is 17.6 Å². The molecule has 144 valence electrons. The number of esters is 1. The van der Waals surface area contributed by atoms with E-state index in [0.29, 0.717) is 23.4 Å². The van der Waals surface area contributed by atoms with E-state index >= 15 is 0 Å². The monoisotopic (exact) mass is 390 g/mol. The molecule has 0 unspecified atom stereocenters. The summed E-state index contributed by atoms with van der Waals surface area (Å²) in [5, 5.41) is 2.78. The molecule has 0 atom stereocenters. The van der Waals surface area contributed by atoms with Gasteiger partial charge < -0.3 is 10.1 Å². The maximum absolute atomic E-state index is 12.5. The highest BCUT2D eigenvalue weighted by molar-refractivity contribution is 7.92. The van der Waals surface area contributed by atoms with Crippen molar-refractivity contribution < 1.29 is 22.7 Å². The summed E-state index contributed by atoms with van der Waals surface area (Å²) in [5.74, 6) is -0.740. The second kappa shape index (κ2) is 9.18. The van der Waals surface area contributed by atoms with Gasteiger partial charge in [-0.15, -0.1) is 0 Å². The Morgan fingerprint density at radius 3 is 2.11 bits per heavy atom. The van der Waals surface area contributed by atoms with Gasteiger partial charge in [0.15, 0.2) is 0 Å². The van der Waals surface area contributed by atoms with Crippen molar-refractivity contribution >= 4 is 27.6 Å². The zero-order valence-electron chi connectivity index (χ0n) is 15.2. The van der Waals surface area contributed by atoms with E-state index in [-0.39, 0.29) is 10.8 Å². The van der Waals surface area contributed by atoms with E-state index in [0.717, 1.165) is 12.8 Å². The van der Waals surface area contributed by atoms with Crippen LogP contribution in [-0.4, -0.2) is 33.9 Å². The molecule has 0 aliphatic heterocycles. The van der Waals surface area contributed by atoms with Crippen LogP contribution >= 0.6 is 0 Å². The van der Waals surface area contributed by atoms with E-state index in [1.807, 2.05) is 6.92 Å². The Kier molecular flexibility index (Phi) is 6.95. The van der Waals surface area contributed by atoms with Gasteiger partial charge >= 0.3 is 5.97 Å². The molecule has 2 aromatic carbocycles. The van der Waals surface area contributed by atoms with Crippen molar-refractivity contribution in [1.82, 2.24) is 5.32 Å². The summed E-state index contributed by atoms with van der Waals surface area (Å²) in [5.41, 5.74) is 1.02. The fourth-order valence-corrected chi connectivity index (χ4v) is 3.33. The molecule has 2 N–H and O–H groups in total. The van der Waals surface area contributed by atoms with E-state index in [2.05, 4.69) is 14.8 Å². The summed E-state index contributed by atoms with van der Waals surface area (Å²) in [7, 11) is -2.54. The number of rotatable bonds is 8. The number of hydrogen-bond acceptors (Lipinski definition) is 5. The number of nitrogens with one attached hydrogen (secondary N) is 2. The second-order valence-electron chi connectivity index (χ2n) is 5.81. The summed E-state index contributed by atoms with van der Waals surface area (Å²) in [6.45, 7) is 2.61. The summed E-state index contributed by atoms with van der Waals surface area (Å²) in [6, 6.07) is 11.6. The molecule has 2 rings (SSSR count). The van der Waals surface area contributed by atoms with Crippen molar-refractivity contribution in [3.05, 3.63) is 59.7 Å². The first-order chi connectivity index (χ1) is 12.9. The van der Waals surface area contributed by atoms with E-state index in [1.165, 1.54) is 55.6 Å². The van der Waals surface area contributed by atoms with Crippen LogP contribution in [0, 0.1) is 0 Å². The lowest BCUT2D eigenvalue weighted by Crippen LogP contribution is -2.24. The molecule has 2 aromatic rings. The lowest BCUT2D eigenvalue weighted by molar-refractivity contribution is 0.0600. The zero-order valence-corrected chi connectivity index (χ0v) is 16.0. The summed E-state index contributed by atoms with van der Waals surface area (Å²) in [4.78, 5) is 23.4. The number of sulfonamides is 1. The number of carbonyl (C=O) groups excluding carboxylic acids is 2. The van der Waals surface area contributed by atoms with Crippen LogP contribution < -0.4 is 10.0 Å². The molecule has 0 aromatic heterocycles. The van der Waals surface area contributed by atoms with Crippen LogP contribution in [0.15, 0.2) is 53.4 Å². The van der Waals surface area contributed by atoms with Gasteiger partial charge in [-0.1, -0.05) is 13.3 Å². The first-order valence-electron chi connectivity index (χ1n) is 8.47. The first kappa shape index (κ1) is 20.4. The Morgan fingerprint density at radius 2 is 1.56 bits per heavy atom. The average molecular weight is 390 g/mol. The molecule has 0 saturated heterocycles. The van der Waals surface area contributed by atoms with Crippen molar-refractivity contribution in [2.24, 2.45) is 0 Å². The molecule has 0 saturated carbocycles. The Bertz CT molecular complexity index is 891. The normalized spacial score (nSPS) is 10.9. The molecule has 0 fully saturated rings. The van der Waals surface area contributed by atoms with Crippen molar-refractivity contribution in [3.8, 4) is 0 Å². The largest absolute Gasteiger partial charge is 0.465 e. The van der Waals surface area contributed by atoms with Gasteiger partial charge in [-0.2, -0.15) is 0 Å². The average Bonchev–Trinajstić information content (AvgIpc) is 2.68. The first-order valence-corrected chi connectivity index (χ1v) is 9.95. The molecule has 0 aliphatic carbocycles. The minimum absolute atomic E-state index is 0.0321. The lowest BCUT2D eigenvalue weighted by Gasteiger charge is -2.09. The van der Waals surface area contributed by atoms with Crippen LogP contribution in [-0.2, 0) is 14.8 Å². The van der Waals surface area contributed by atoms with Gasteiger partial charge in [0.1, 0.15) is 0 Å². The number of methoxy groups -OCH3 is 1. The third-order valence-corrected chi connectivity index (χ3v) is 5.20.